The van der Waals surface area contributed by atoms with Crippen molar-refractivity contribution < 1.29 is 24.3 Å². The van der Waals surface area contributed by atoms with Crippen LogP contribution in [0.15, 0.2) is 60.2 Å². The fourth-order valence-electron chi connectivity index (χ4n) is 3.56. The highest BCUT2D eigenvalue weighted by atomic mass is 16.5. The van der Waals surface area contributed by atoms with Crippen LogP contribution >= 0.6 is 0 Å². The fourth-order valence-corrected chi connectivity index (χ4v) is 3.56. The molecule has 1 atom stereocenters. The number of carbonyl (C=O) groups is 2. The third-order valence-electron chi connectivity index (χ3n) is 5.01. The van der Waals surface area contributed by atoms with Crippen molar-refractivity contribution in [2.75, 3.05) is 27.2 Å². The number of nitrogens with zero attached hydrogens (tertiary/aromatic N) is 1. The maximum atomic E-state index is 12.9. The monoisotopic (exact) mass is 409 g/mol. The molecule has 2 aromatic carbocycles. The van der Waals surface area contributed by atoms with E-state index in [0.717, 1.165) is 5.56 Å². The van der Waals surface area contributed by atoms with Gasteiger partial charge in [0.15, 0.2) is 0 Å². The first-order valence-corrected chi connectivity index (χ1v) is 10.2. The van der Waals surface area contributed by atoms with Crippen molar-refractivity contribution in [3.8, 4) is 5.75 Å². The molecule has 0 aliphatic carbocycles. The van der Waals surface area contributed by atoms with E-state index in [0.29, 0.717) is 24.4 Å². The molecule has 0 bridgehead atoms. The highest BCUT2D eigenvalue weighted by Crippen LogP contribution is 2.39. The second-order valence-electron chi connectivity index (χ2n) is 8.05. The highest BCUT2D eigenvalue weighted by molar-refractivity contribution is 6.46. The third kappa shape index (κ3) is 4.54. The van der Waals surface area contributed by atoms with Crippen molar-refractivity contribution in [2.45, 2.75) is 26.0 Å². The molecule has 1 saturated heterocycles. The topological polar surface area (TPSA) is 71.3 Å². The van der Waals surface area contributed by atoms with Gasteiger partial charge in [0.05, 0.1) is 44.9 Å². The van der Waals surface area contributed by atoms with Crippen LogP contribution in [-0.2, 0) is 9.59 Å². The van der Waals surface area contributed by atoms with E-state index < -0.39 is 17.7 Å². The molecule has 1 aliphatic rings. The molecule has 30 heavy (non-hydrogen) atoms. The van der Waals surface area contributed by atoms with Gasteiger partial charge in [-0.25, -0.2) is 0 Å². The highest BCUT2D eigenvalue weighted by Gasteiger charge is 2.46. The Morgan fingerprint density at radius 1 is 1.07 bits per heavy atom. The second-order valence-corrected chi connectivity index (χ2v) is 8.05. The summed E-state index contributed by atoms with van der Waals surface area (Å²) in [5, 5.41) is 11.0. The van der Waals surface area contributed by atoms with Gasteiger partial charge in [-0.05, 0) is 43.7 Å². The summed E-state index contributed by atoms with van der Waals surface area (Å²) < 4.78 is 5.65. The lowest BCUT2D eigenvalue weighted by molar-refractivity contribution is -0.857. The standard InChI is InChI=1S/C24H28N2O4/c1-16(2)30-19-12-10-18(11-13-19)22(27)20-21(17-8-6-5-7-9-17)26(15-14-25(3)4)24(29)23(20)28/h5-13,16,21,27H,14-15H2,1-4H3/p+1/t21-/m1/s1. The molecule has 0 radical (unpaired) electrons. The third-order valence-corrected chi connectivity index (χ3v) is 5.01. The minimum atomic E-state index is -0.655. The molecule has 2 aromatic rings. The Morgan fingerprint density at radius 2 is 1.70 bits per heavy atom. The average Bonchev–Trinajstić information content (AvgIpc) is 2.97. The number of amides is 1. The van der Waals surface area contributed by atoms with Crippen LogP contribution in [0.2, 0.25) is 0 Å². The van der Waals surface area contributed by atoms with Crippen molar-refractivity contribution in [1.82, 2.24) is 4.90 Å². The largest absolute Gasteiger partial charge is 0.507 e. The van der Waals surface area contributed by atoms with Gasteiger partial charge in [-0.2, -0.15) is 0 Å². The normalized spacial score (nSPS) is 18.5. The molecule has 1 heterocycles. The number of hydrogen-bond acceptors (Lipinski definition) is 4. The van der Waals surface area contributed by atoms with Gasteiger partial charge in [0, 0.05) is 5.56 Å². The lowest BCUT2D eigenvalue weighted by Gasteiger charge is -2.25. The molecular formula is C24H29N2O4+. The Morgan fingerprint density at radius 3 is 2.27 bits per heavy atom. The lowest BCUT2D eigenvalue weighted by atomic mass is 9.95. The number of hydrogen-bond donors (Lipinski definition) is 2. The average molecular weight is 410 g/mol. The number of likely N-dealkylation sites (N-methyl/N-ethyl adjacent to an activating group) is 1. The predicted octanol–water partition coefficient (Wildman–Crippen LogP) is 2.04. The smallest absolute Gasteiger partial charge is 0.295 e. The molecule has 6 heteroatoms. The molecule has 0 aromatic heterocycles. The van der Waals surface area contributed by atoms with E-state index in [2.05, 4.69) is 0 Å². The molecule has 0 unspecified atom stereocenters. The number of aliphatic hydroxyl groups excluding tert-OH is 1. The summed E-state index contributed by atoms with van der Waals surface area (Å²) in [6, 6.07) is 15.6. The summed E-state index contributed by atoms with van der Waals surface area (Å²) in [4.78, 5) is 28.5. The Labute approximate surface area is 177 Å². The lowest BCUT2D eigenvalue weighted by Crippen LogP contribution is -3.06. The van der Waals surface area contributed by atoms with E-state index in [1.807, 2.05) is 58.3 Å². The van der Waals surface area contributed by atoms with Crippen LogP contribution in [0.1, 0.15) is 31.0 Å². The molecule has 158 valence electrons. The maximum absolute atomic E-state index is 12.9. The quantitative estimate of drug-likeness (QED) is 0.417. The molecule has 3 rings (SSSR count). The van der Waals surface area contributed by atoms with Gasteiger partial charge in [0.25, 0.3) is 11.7 Å². The maximum Gasteiger partial charge on any atom is 0.295 e. The number of nitrogens with one attached hydrogen (secondary N) is 1. The van der Waals surface area contributed by atoms with Crippen LogP contribution in [0.4, 0.5) is 0 Å². The number of rotatable bonds is 7. The van der Waals surface area contributed by atoms with Crippen LogP contribution in [0.25, 0.3) is 5.76 Å². The van der Waals surface area contributed by atoms with Gasteiger partial charge in [-0.1, -0.05) is 30.3 Å². The minimum Gasteiger partial charge on any atom is -0.507 e. The van der Waals surface area contributed by atoms with Crippen LogP contribution in [0, 0.1) is 0 Å². The van der Waals surface area contributed by atoms with E-state index in [9.17, 15) is 14.7 Å². The molecule has 1 amide bonds. The van der Waals surface area contributed by atoms with Gasteiger partial charge in [0.2, 0.25) is 0 Å². The van der Waals surface area contributed by atoms with Crippen molar-refractivity contribution in [2.24, 2.45) is 0 Å². The van der Waals surface area contributed by atoms with Gasteiger partial charge >= 0.3 is 0 Å². The van der Waals surface area contributed by atoms with Crippen LogP contribution < -0.4 is 9.64 Å². The number of ketones is 1. The van der Waals surface area contributed by atoms with Gasteiger partial charge in [-0.15, -0.1) is 0 Å². The number of carbonyl (C=O) groups excluding carboxylic acids is 2. The van der Waals surface area contributed by atoms with Gasteiger partial charge in [0.1, 0.15) is 11.5 Å². The Bertz CT molecular complexity index is 933. The number of ether oxygens (including phenoxy) is 1. The minimum absolute atomic E-state index is 0.0340. The van der Waals surface area contributed by atoms with Crippen molar-refractivity contribution in [1.29, 1.82) is 0 Å². The van der Waals surface area contributed by atoms with Gasteiger partial charge in [-0.3, -0.25) is 9.59 Å². The summed E-state index contributed by atoms with van der Waals surface area (Å²) in [6.07, 6.45) is 0.0340. The summed E-state index contributed by atoms with van der Waals surface area (Å²) in [6.45, 7) is 4.98. The van der Waals surface area contributed by atoms with Crippen LogP contribution in [-0.4, -0.2) is 55.0 Å². The summed E-state index contributed by atoms with van der Waals surface area (Å²) >= 11 is 0. The van der Waals surface area contributed by atoms with E-state index in [4.69, 9.17) is 4.74 Å². The van der Waals surface area contributed by atoms with E-state index in [-0.39, 0.29) is 17.4 Å². The summed E-state index contributed by atoms with van der Waals surface area (Å²) in [5.41, 5.74) is 1.40. The van der Waals surface area contributed by atoms with Gasteiger partial charge < -0.3 is 19.6 Å². The SMILES string of the molecule is CC(C)Oc1ccc(C(O)=C2C(=O)C(=O)N(CC[NH+](C)C)[C@@H]2c2ccccc2)cc1. The second kappa shape index (κ2) is 9.13. The number of quaternary nitrogens is 1. The predicted molar refractivity (Wildman–Crippen MR) is 115 cm³/mol. The summed E-state index contributed by atoms with van der Waals surface area (Å²) in [7, 11) is 3.99. The molecular weight excluding hydrogens is 380 g/mol. The number of aliphatic hydroxyl groups is 1. The van der Waals surface area contributed by atoms with E-state index in [1.165, 1.54) is 4.90 Å². The molecule has 1 aliphatic heterocycles. The zero-order valence-electron chi connectivity index (χ0n) is 17.9. The fraction of sp³-hybridized carbons (Fsp3) is 0.333. The Hall–Kier alpha value is -3.12. The first kappa shape index (κ1) is 21.6. The zero-order valence-corrected chi connectivity index (χ0v) is 17.9. The summed E-state index contributed by atoms with van der Waals surface area (Å²) in [5.74, 6) is -0.724. The molecule has 2 N–H and O–H groups in total. The zero-order chi connectivity index (χ0) is 21.8. The van der Waals surface area contributed by atoms with Crippen molar-refractivity contribution in [3.63, 3.8) is 0 Å². The van der Waals surface area contributed by atoms with Crippen molar-refractivity contribution in [3.05, 3.63) is 71.3 Å². The Kier molecular flexibility index (Phi) is 6.57. The molecule has 1 fully saturated rings. The molecule has 0 spiro atoms. The Balaban J connectivity index is 2.05. The number of benzene rings is 2. The van der Waals surface area contributed by atoms with Crippen LogP contribution in [0.5, 0.6) is 5.75 Å². The van der Waals surface area contributed by atoms with Crippen molar-refractivity contribution >= 4 is 17.4 Å². The number of likely N-dealkylation sites (tertiary alicyclic amines) is 1. The van der Waals surface area contributed by atoms with E-state index in [1.54, 1.807) is 29.2 Å². The molecule has 0 saturated carbocycles. The molecule has 6 nitrogen and oxygen atoms in total. The first-order valence-electron chi connectivity index (χ1n) is 10.2. The first-order chi connectivity index (χ1) is 14.3. The van der Waals surface area contributed by atoms with Crippen LogP contribution in [0.3, 0.4) is 0 Å². The van der Waals surface area contributed by atoms with E-state index >= 15 is 0 Å². The number of Topliss-reactive ketones (excluding diaryl/α,β-unsaturated/α-hetero) is 1.